The highest BCUT2D eigenvalue weighted by Gasteiger charge is 2.57. The fraction of sp³-hybridized carbons (Fsp3) is 0.444. The van der Waals surface area contributed by atoms with Crippen LogP contribution in [0.4, 0.5) is 0 Å². The van der Waals surface area contributed by atoms with Crippen LogP contribution < -0.4 is 11.1 Å². The summed E-state index contributed by atoms with van der Waals surface area (Å²) in [5.41, 5.74) is 7.19. The third kappa shape index (κ3) is 3.67. The molecule has 5 nitrogen and oxygen atoms in total. The van der Waals surface area contributed by atoms with Crippen LogP contribution in [-0.4, -0.2) is 35.8 Å². The molecule has 4 rings (SSSR count). The van der Waals surface area contributed by atoms with Gasteiger partial charge < -0.3 is 16.0 Å². The quantitative estimate of drug-likeness (QED) is 0.793. The second kappa shape index (κ2) is 7.68. The van der Waals surface area contributed by atoms with E-state index in [1.165, 1.54) is 16.9 Å². The van der Waals surface area contributed by atoms with Crippen molar-refractivity contribution in [2.45, 2.75) is 31.8 Å². The van der Waals surface area contributed by atoms with E-state index in [0.717, 1.165) is 32.4 Å². The summed E-state index contributed by atoms with van der Waals surface area (Å²) in [6, 6.07) is 4.00. The first-order chi connectivity index (χ1) is 12.1. The first-order valence-electron chi connectivity index (χ1n) is 8.50. The monoisotopic (exact) mass is 411 g/mol. The van der Waals surface area contributed by atoms with Gasteiger partial charge in [0.2, 0.25) is 5.91 Å². The Kier molecular flexibility index (Phi) is 5.72. The van der Waals surface area contributed by atoms with Gasteiger partial charge in [-0.2, -0.15) is 11.3 Å². The largest absolute Gasteiger partial charge is 0.366 e. The average molecular weight is 412 g/mol. The van der Waals surface area contributed by atoms with Gasteiger partial charge in [0.1, 0.15) is 0 Å². The zero-order valence-electron chi connectivity index (χ0n) is 14.3. The molecule has 1 spiro atoms. The molecule has 3 heterocycles. The van der Waals surface area contributed by atoms with Crippen LogP contribution in [0.3, 0.4) is 0 Å². The van der Waals surface area contributed by atoms with Gasteiger partial charge in [0.15, 0.2) is 0 Å². The Morgan fingerprint density at radius 3 is 2.69 bits per heavy atom. The van der Waals surface area contributed by atoms with Gasteiger partial charge in [-0.05, 0) is 66.2 Å². The number of nitrogens with two attached hydrogens (primary N) is 1. The molecular formula is C18H22ClN3O2S2. The average Bonchev–Trinajstić information content (AvgIpc) is 3.06. The SMILES string of the molecule is Cl.NC(=O)c1csc(C(=O)N(Cc2ccsc2)C2CC23CCNCC3)c1. The van der Waals surface area contributed by atoms with Crippen molar-refractivity contribution in [3.05, 3.63) is 44.3 Å². The van der Waals surface area contributed by atoms with Gasteiger partial charge in [-0.1, -0.05) is 0 Å². The molecule has 8 heteroatoms. The summed E-state index contributed by atoms with van der Waals surface area (Å²) in [6.07, 6.45) is 3.34. The number of nitrogens with zero attached hydrogens (tertiary/aromatic N) is 1. The molecule has 1 aliphatic heterocycles. The van der Waals surface area contributed by atoms with Crippen LogP contribution in [0.25, 0.3) is 0 Å². The normalized spacial score (nSPS) is 20.4. The van der Waals surface area contributed by atoms with Crippen LogP contribution in [0.2, 0.25) is 0 Å². The molecule has 2 fully saturated rings. The van der Waals surface area contributed by atoms with Crippen LogP contribution in [0.15, 0.2) is 28.3 Å². The Bertz CT molecular complexity index is 784. The number of nitrogens with one attached hydrogen (secondary N) is 1. The van der Waals surface area contributed by atoms with E-state index >= 15 is 0 Å². The lowest BCUT2D eigenvalue weighted by atomic mass is 9.93. The maximum Gasteiger partial charge on any atom is 0.264 e. The van der Waals surface area contributed by atoms with Crippen molar-refractivity contribution in [2.75, 3.05) is 13.1 Å². The summed E-state index contributed by atoms with van der Waals surface area (Å²) < 4.78 is 0. The van der Waals surface area contributed by atoms with Gasteiger partial charge in [-0.25, -0.2) is 0 Å². The number of hydrogen-bond donors (Lipinski definition) is 2. The van der Waals surface area contributed by atoms with Gasteiger partial charge in [0, 0.05) is 18.0 Å². The van der Waals surface area contributed by atoms with Gasteiger partial charge in [0.25, 0.3) is 5.91 Å². The van der Waals surface area contributed by atoms with Gasteiger partial charge in [-0.15, -0.1) is 23.7 Å². The van der Waals surface area contributed by atoms with Crippen LogP contribution in [-0.2, 0) is 6.54 Å². The molecule has 1 saturated heterocycles. The third-order valence-corrected chi connectivity index (χ3v) is 7.06. The summed E-state index contributed by atoms with van der Waals surface area (Å²) in [5, 5.41) is 9.22. The number of thiophene rings is 2. The van der Waals surface area contributed by atoms with E-state index in [2.05, 4.69) is 16.8 Å². The lowest BCUT2D eigenvalue weighted by Crippen LogP contribution is -2.38. The van der Waals surface area contributed by atoms with Crippen LogP contribution in [0, 0.1) is 5.41 Å². The Morgan fingerprint density at radius 2 is 2.08 bits per heavy atom. The number of carbonyl (C=O) groups is 2. The van der Waals surface area contributed by atoms with E-state index in [-0.39, 0.29) is 23.7 Å². The van der Waals surface area contributed by atoms with Gasteiger partial charge >= 0.3 is 0 Å². The van der Waals surface area contributed by atoms with E-state index in [1.807, 2.05) is 10.3 Å². The molecule has 2 aromatic heterocycles. The molecule has 2 aliphatic rings. The summed E-state index contributed by atoms with van der Waals surface area (Å²) in [6.45, 7) is 2.69. The summed E-state index contributed by atoms with van der Waals surface area (Å²) in [4.78, 5) is 27.2. The lowest BCUT2D eigenvalue weighted by Gasteiger charge is -2.29. The van der Waals surface area contributed by atoms with Gasteiger partial charge in [-0.3, -0.25) is 9.59 Å². The molecule has 1 saturated carbocycles. The Hall–Kier alpha value is -1.41. The maximum absolute atomic E-state index is 13.2. The Morgan fingerprint density at radius 1 is 1.31 bits per heavy atom. The second-order valence-corrected chi connectivity index (χ2v) is 8.65. The molecular weight excluding hydrogens is 390 g/mol. The molecule has 1 atom stereocenters. The topological polar surface area (TPSA) is 75.4 Å². The maximum atomic E-state index is 13.2. The van der Waals surface area contributed by atoms with Crippen molar-refractivity contribution >= 4 is 46.9 Å². The molecule has 0 radical (unpaired) electrons. The number of amides is 2. The summed E-state index contributed by atoms with van der Waals surface area (Å²) in [5.74, 6) is -0.468. The molecule has 0 bridgehead atoms. The number of rotatable bonds is 5. The van der Waals surface area contributed by atoms with Crippen LogP contribution in [0.1, 0.15) is 44.9 Å². The standard InChI is InChI=1S/C18H21N3O2S2.ClH/c19-16(22)13-7-14(25-11-13)17(23)21(9-12-1-6-24-10-12)15-8-18(15)2-4-20-5-3-18;/h1,6-7,10-11,15,20H,2-5,8-9H2,(H2,19,22);1H. The highest BCUT2D eigenvalue weighted by atomic mass is 35.5. The van der Waals surface area contributed by atoms with Crippen LogP contribution in [0.5, 0.6) is 0 Å². The van der Waals surface area contributed by atoms with E-state index in [9.17, 15) is 9.59 Å². The molecule has 1 unspecified atom stereocenters. The molecule has 1 aliphatic carbocycles. The predicted molar refractivity (Wildman–Crippen MR) is 107 cm³/mol. The summed E-state index contributed by atoms with van der Waals surface area (Å²) >= 11 is 2.96. The van der Waals surface area contributed by atoms with E-state index in [1.54, 1.807) is 22.8 Å². The molecule has 2 aromatic rings. The van der Waals surface area contributed by atoms with Gasteiger partial charge in [0.05, 0.1) is 10.4 Å². The van der Waals surface area contributed by atoms with Crippen molar-refractivity contribution in [1.82, 2.24) is 10.2 Å². The Labute approximate surface area is 167 Å². The zero-order valence-corrected chi connectivity index (χ0v) is 16.7. The molecule has 2 amide bonds. The Balaban J connectivity index is 0.00000196. The minimum atomic E-state index is -0.485. The van der Waals surface area contributed by atoms with E-state index in [4.69, 9.17) is 5.73 Å². The first-order valence-corrected chi connectivity index (χ1v) is 10.3. The zero-order chi connectivity index (χ0) is 17.4. The predicted octanol–water partition coefficient (Wildman–Crippen LogP) is 3.11. The molecule has 26 heavy (non-hydrogen) atoms. The van der Waals surface area contributed by atoms with Crippen molar-refractivity contribution in [3.63, 3.8) is 0 Å². The highest BCUT2D eigenvalue weighted by molar-refractivity contribution is 7.12. The number of hydrogen-bond acceptors (Lipinski definition) is 5. The fourth-order valence-corrected chi connectivity index (χ4v) is 5.36. The molecule has 140 valence electrons. The highest BCUT2D eigenvalue weighted by Crippen LogP contribution is 2.56. The number of piperidine rings is 1. The lowest BCUT2D eigenvalue weighted by molar-refractivity contribution is 0.0697. The van der Waals surface area contributed by atoms with Crippen molar-refractivity contribution in [2.24, 2.45) is 11.1 Å². The van der Waals surface area contributed by atoms with Crippen molar-refractivity contribution in [3.8, 4) is 0 Å². The van der Waals surface area contributed by atoms with Crippen molar-refractivity contribution in [1.29, 1.82) is 0 Å². The smallest absolute Gasteiger partial charge is 0.264 e. The first kappa shape index (κ1) is 19.4. The van der Waals surface area contributed by atoms with Crippen LogP contribution >= 0.6 is 35.1 Å². The minimum absolute atomic E-state index is 0. The minimum Gasteiger partial charge on any atom is -0.366 e. The number of halogens is 1. The molecule has 3 N–H and O–H groups in total. The second-order valence-electron chi connectivity index (χ2n) is 6.96. The van der Waals surface area contributed by atoms with E-state index < -0.39 is 5.91 Å². The molecule has 0 aromatic carbocycles. The summed E-state index contributed by atoms with van der Waals surface area (Å²) in [7, 11) is 0. The van der Waals surface area contributed by atoms with E-state index in [0.29, 0.717) is 23.0 Å². The fourth-order valence-electron chi connectivity index (χ4n) is 3.85. The van der Waals surface area contributed by atoms with Crippen molar-refractivity contribution < 1.29 is 9.59 Å². The third-order valence-electron chi connectivity index (χ3n) is 5.41. The number of primary amides is 1. The number of carbonyl (C=O) groups excluding carboxylic acids is 2.